The maximum Gasteiger partial charge on any atom is 0.255 e. The minimum Gasteiger partial charge on any atom is -0.350 e. The lowest BCUT2D eigenvalue weighted by Gasteiger charge is -2.09. The molecule has 0 atom stereocenters. The first-order valence-electron chi connectivity index (χ1n) is 13.4. The second-order valence-corrected chi connectivity index (χ2v) is 10.1. The first-order valence-corrected chi connectivity index (χ1v) is 13.8. The van der Waals surface area contributed by atoms with Gasteiger partial charge >= 0.3 is 0 Å². The number of hydrogen-bond donors (Lipinski definition) is 2. The molecule has 0 aliphatic carbocycles. The van der Waals surface area contributed by atoms with Crippen molar-refractivity contribution in [3.63, 3.8) is 0 Å². The Balaban J connectivity index is 1.42. The maximum atomic E-state index is 13.3. The highest BCUT2D eigenvalue weighted by Crippen LogP contribution is 2.32. The van der Waals surface area contributed by atoms with Gasteiger partial charge in [-0.15, -0.1) is 0 Å². The summed E-state index contributed by atoms with van der Waals surface area (Å²) in [5.74, 6) is -0.444. The van der Waals surface area contributed by atoms with Gasteiger partial charge in [-0.25, -0.2) is 0 Å². The Morgan fingerprint density at radius 3 is 2.16 bits per heavy atom. The van der Waals surface area contributed by atoms with E-state index in [1.165, 1.54) is 56.9 Å². The zero-order chi connectivity index (χ0) is 26.0. The third kappa shape index (κ3) is 7.11. The Kier molecular flexibility index (Phi) is 9.56. The number of aromatic amines is 1. The number of fused-ring (bicyclic) bond motifs is 1. The quantitative estimate of drug-likeness (QED) is 0.138. The van der Waals surface area contributed by atoms with Crippen molar-refractivity contribution in [2.24, 2.45) is 0 Å². The summed E-state index contributed by atoms with van der Waals surface area (Å²) in [6.45, 7) is 2.25. The van der Waals surface area contributed by atoms with Crippen LogP contribution >= 0.6 is 11.6 Å². The summed E-state index contributed by atoms with van der Waals surface area (Å²) in [5, 5.41) is 4.28. The van der Waals surface area contributed by atoms with Crippen LogP contribution in [0.2, 0.25) is 5.02 Å². The fraction of sp³-hybridized carbons (Fsp3) is 0.312. The van der Waals surface area contributed by atoms with Crippen LogP contribution in [-0.4, -0.2) is 16.7 Å². The molecule has 1 aromatic heterocycles. The molecule has 192 valence electrons. The van der Waals surface area contributed by atoms with Gasteiger partial charge in [0.25, 0.3) is 5.91 Å². The normalized spacial score (nSPS) is 11.1. The molecule has 0 unspecified atom stereocenters. The summed E-state index contributed by atoms with van der Waals surface area (Å²) in [4.78, 5) is 29.6. The van der Waals surface area contributed by atoms with E-state index >= 15 is 0 Å². The molecule has 0 radical (unpaired) electrons. The number of rotatable bonds is 13. The van der Waals surface area contributed by atoms with Gasteiger partial charge in [0.2, 0.25) is 5.78 Å². The van der Waals surface area contributed by atoms with Crippen LogP contribution < -0.4 is 5.32 Å². The van der Waals surface area contributed by atoms with Gasteiger partial charge in [-0.05, 0) is 48.7 Å². The summed E-state index contributed by atoms with van der Waals surface area (Å²) in [6, 6.07) is 22.1. The Hall–Kier alpha value is -3.37. The predicted octanol–water partition coefficient (Wildman–Crippen LogP) is 8.99. The molecular formula is C32H35ClN2O2. The molecule has 0 aliphatic heterocycles. The van der Waals surface area contributed by atoms with E-state index in [4.69, 9.17) is 11.6 Å². The molecule has 0 bridgehead atoms. The molecule has 37 heavy (non-hydrogen) atoms. The number of ketones is 1. The van der Waals surface area contributed by atoms with Crippen molar-refractivity contribution in [2.45, 2.75) is 64.7 Å². The molecule has 2 N–H and O–H groups in total. The van der Waals surface area contributed by atoms with E-state index in [9.17, 15) is 9.59 Å². The number of anilines is 1. The number of aryl methyl sites for hydroxylation is 1. The van der Waals surface area contributed by atoms with E-state index in [1.807, 2.05) is 48.5 Å². The topological polar surface area (TPSA) is 62.0 Å². The molecule has 0 saturated carbocycles. The number of carbonyl (C=O) groups is 2. The fourth-order valence-electron chi connectivity index (χ4n) is 4.68. The van der Waals surface area contributed by atoms with Crippen LogP contribution in [0, 0.1) is 0 Å². The molecule has 0 spiro atoms. The van der Waals surface area contributed by atoms with E-state index < -0.39 is 0 Å². The highest BCUT2D eigenvalue weighted by molar-refractivity contribution is 6.31. The Bertz CT molecular complexity index is 1330. The Morgan fingerprint density at radius 1 is 0.784 bits per heavy atom. The van der Waals surface area contributed by atoms with Crippen molar-refractivity contribution in [1.82, 2.24) is 4.98 Å². The lowest BCUT2D eigenvalue weighted by molar-refractivity contribution is 0.102. The van der Waals surface area contributed by atoms with Crippen molar-refractivity contribution in [3.05, 3.63) is 100 Å². The van der Waals surface area contributed by atoms with Crippen molar-refractivity contribution in [3.8, 4) is 0 Å². The number of aromatic nitrogens is 1. The lowest BCUT2D eigenvalue weighted by Crippen LogP contribution is -2.15. The molecule has 1 amide bonds. The van der Waals surface area contributed by atoms with Gasteiger partial charge in [-0.3, -0.25) is 9.59 Å². The third-order valence-corrected chi connectivity index (χ3v) is 7.03. The minimum atomic E-state index is -0.253. The van der Waals surface area contributed by atoms with Crippen LogP contribution in [0.3, 0.4) is 0 Å². The number of carbonyl (C=O) groups excluding carboxylic acids is 2. The van der Waals surface area contributed by atoms with Crippen LogP contribution in [0.1, 0.15) is 90.3 Å². The molecule has 0 saturated heterocycles. The molecule has 0 aliphatic rings. The van der Waals surface area contributed by atoms with Crippen LogP contribution in [0.4, 0.5) is 5.69 Å². The average Bonchev–Trinajstić information content (AvgIpc) is 3.27. The van der Waals surface area contributed by atoms with Gasteiger partial charge in [0.05, 0.1) is 5.69 Å². The van der Waals surface area contributed by atoms with Gasteiger partial charge in [-0.1, -0.05) is 106 Å². The number of hydrogen-bond acceptors (Lipinski definition) is 2. The summed E-state index contributed by atoms with van der Waals surface area (Å²) < 4.78 is 0. The van der Waals surface area contributed by atoms with Crippen LogP contribution in [-0.2, 0) is 6.42 Å². The molecule has 5 heteroatoms. The van der Waals surface area contributed by atoms with Crippen LogP contribution in [0.25, 0.3) is 10.9 Å². The predicted molar refractivity (Wildman–Crippen MR) is 154 cm³/mol. The van der Waals surface area contributed by atoms with E-state index in [-0.39, 0.29) is 11.7 Å². The second-order valence-electron chi connectivity index (χ2n) is 9.64. The van der Waals surface area contributed by atoms with E-state index in [1.54, 1.807) is 24.3 Å². The molecular weight excluding hydrogens is 480 g/mol. The highest BCUT2D eigenvalue weighted by Gasteiger charge is 2.21. The van der Waals surface area contributed by atoms with Gasteiger partial charge in [-0.2, -0.15) is 0 Å². The third-order valence-electron chi connectivity index (χ3n) is 6.80. The fourth-order valence-corrected chi connectivity index (χ4v) is 4.85. The number of nitrogens with one attached hydrogen (secondary N) is 2. The number of halogens is 1. The first-order chi connectivity index (χ1) is 18.1. The standard InChI is InChI=1S/C32H35ClN2O2/c1-2-3-4-5-6-7-8-10-13-23-16-18-25(19-17-23)32(37)35-29-27-21-20-26(33)22-28(27)34-30(29)31(36)24-14-11-9-12-15-24/h9,11-12,14-22,34H,2-8,10,13H2,1H3,(H,35,37). The van der Waals surface area contributed by atoms with Crippen molar-refractivity contribution in [2.75, 3.05) is 5.32 Å². The molecule has 1 heterocycles. The van der Waals surface area contributed by atoms with Gasteiger partial charge in [0.1, 0.15) is 5.69 Å². The zero-order valence-electron chi connectivity index (χ0n) is 21.5. The number of H-pyrrole nitrogens is 1. The summed E-state index contributed by atoms with van der Waals surface area (Å²) >= 11 is 6.18. The molecule has 4 aromatic rings. The van der Waals surface area contributed by atoms with Crippen LogP contribution in [0.5, 0.6) is 0 Å². The van der Waals surface area contributed by atoms with E-state index in [0.29, 0.717) is 33.0 Å². The summed E-state index contributed by atoms with van der Waals surface area (Å²) in [5.41, 5.74) is 3.84. The average molecular weight is 515 g/mol. The Labute approximate surface area is 224 Å². The lowest BCUT2D eigenvalue weighted by atomic mass is 10.0. The molecule has 3 aromatic carbocycles. The number of amides is 1. The summed E-state index contributed by atoms with van der Waals surface area (Å²) in [7, 11) is 0. The Morgan fingerprint density at radius 2 is 1.46 bits per heavy atom. The zero-order valence-corrected chi connectivity index (χ0v) is 22.2. The van der Waals surface area contributed by atoms with E-state index in [2.05, 4.69) is 17.2 Å². The van der Waals surface area contributed by atoms with Crippen molar-refractivity contribution < 1.29 is 9.59 Å². The monoisotopic (exact) mass is 514 g/mol. The highest BCUT2D eigenvalue weighted by atomic mass is 35.5. The van der Waals surface area contributed by atoms with Gasteiger partial charge in [0.15, 0.2) is 0 Å². The largest absolute Gasteiger partial charge is 0.350 e. The van der Waals surface area contributed by atoms with Gasteiger partial charge < -0.3 is 10.3 Å². The minimum absolute atomic E-state index is 0.191. The number of benzene rings is 3. The smallest absolute Gasteiger partial charge is 0.255 e. The van der Waals surface area contributed by atoms with Crippen LogP contribution in [0.15, 0.2) is 72.8 Å². The SMILES string of the molecule is CCCCCCCCCCc1ccc(C(=O)Nc2c(C(=O)c3ccccc3)[nH]c3cc(Cl)ccc23)cc1. The maximum absolute atomic E-state index is 13.3. The number of unbranched alkanes of at least 4 members (excludes halogenated alkanes) is 7. The van der Waals surface area contributed by atoms with Crippen molar-refractivity contribution >= 4 is 39.9 Å². The summed E-state index contributed by atoms with van der Waals surface area (Å²) in [6.07, 6.45) is 11.4. The van der Waals surface area contributed by atoms with Gasteiger partial charge in [0, 0.05) is 27.1 Å². The van der Waals surface area contributed by atoms with Crippen molar-refractivity contribution in [1.29, 1.82) is 0 Å². The molecule has 4 nitrogen and oxygen atoms in total. The second kappa shape index (κ2) is 13.3. The first kappa shape index (κ1) is 26.7. The van der Waals surface area contributed by atoms with E-state index in [0.717, 1.165) is 11.8 Å². The molecule has 4 rings (SSSR count). The molecule has 0 fully saturated rings.